The summed E-state index contributed by atoms with van der Waals surface area (Å²) in [6.07, 6.45) is 3.13. The van der Waals surface area contributed by atoms with Gasteiger partial charge in [0.25, 0.3) is 5.69 Å². The highest BCUT2D eigenvalue weighted by molar-refractivity contribution is 5.76. The van der Waals surface area contributed by atoms with E-state index in [1.807, 2.05) is 6.92 Å². The summed E-state index contributed by atoms with van der Waals surface area (Å²) >= 11 is 0. The lowest BCUT2D eigenvalue weighted by atomic mass is 9.96. The first-order valence-corrected chi connectivity index (χ1v) is 7.85. The van der Waals surface area contributed by atoms with Crippen molar-refractivity contribution in [3.05, 3.63) is 34.4 Å². The average molecular weight is 321 g/mol. The van der Waals surface area contributed by atoms with Crippen molar-refractivity contribution in [2.75, 3.05) is 18.5 Å². The Labute approximate surface area is 135 Å². The van der Waals surface area contributed by atoms with Gasteiger partial charge in [-0.15, -0.1) is 0 Å². The number of nitro benzene ring substituents is 1. The Balaban J connectivity index is 1.68. The molecule has 3 N–H and O–H groups in total. The molecule has 0 aromatic heterocycles. The van der Waals surface area contributed by atoms with E-state index >= 15 is 0 Å². The number of nitrogens with one attached hydrogen (secondary N) is 2. The highest BCUT2D eigenvalue weighted by atomic mass is 16.6. The number of nitrogens with zero attached hydrogens (tertiary/aromatic N) is 1. The summed E-state index contributed by atoms with van der Waals surface area (Å²) < 4.78 is 0. The normalized spacial score (nSPS) is 16.4. The fraction of sp³-hybridized carbons (Fsp3) is 0.562. The highest BCUT2D eigenvalue weighted by Crippen LogP contribution is 2.39. The van der Waals surface area contributed by atoms with Gasteiger partial charge in [0.2, 0.25) is 5.91 Å². The second-order valence-electron chi connectivity index (χ2n) is 6.23. The van der Waals surface area contributed by atoms with Crippen LogP contribution in [0.1, 0.15) is 32.6 Å². The molecule has 7 heteroatoms. The van der Waals surface area contributed by atoms with Crippen LogP contribution in [0.2, 0.25) is 0 Å². The predicted octanol–water partition coefficient (Wildman–Crippen LogP) is 2.06. The number of amides is 1. The number of aliphatic hydroxyl groups excluding tert-OH is 1. The first-order valence-electron chi connectivity index (χ1n) is 7.85. The van der Waals surface area contributed by atoms with Crippen LogP contribution in [0, 0.1) is 16.0 Å². The summed E-state index contributed by atoms with van der Waals surface area (Å²) in [5, 5.41) is 26.1. The van der Waals surface area contributed by atoms with Crippen LogP contribution in [0.15, 0.2) is 24.3 Å². The summed E-state index contributed by atoms with van der Waals surface area (Å²) in [7, 11) is 0. The van der Waals surface area contributed by atoms with Crippen LogP contribution in [0.3, 0.4) is 0 Å². The van der Waals surface area contributed by atoms with Crippen LogP contribution >= 0.6 is 0 Å². The first-order chi connectivity index (χ1) is 10.9. The molecule has 0 spiro atoms. The summed E-state index contributed by atoms with van der Waals surface area (Å²) in [5.41, 5.74) is 0.343. The number of carbonyl (C=O) groups excluding carboxylic acids is 1. The van der Waals surface area contributed by atoms with Crippen LogP contribution in [0.25, 0.3) is 0 Å². The minimum Gasteiger partial charge on any atom is -0.394 e. The van der Waals surface area contributed by atoms with E-state index in [1.165, 1.54) is 12.1 Å². The third-order valence-electron chi connectivity index (χ3n) is 4.22. The highest BCUT2D eigenvalue weighted by Gasteiger charge is 2.41. The van der Waals surface area contributed by atoms with E-state index in [0.717, 1.165) is 18.5 Å². The number of non-ortho nitro benzene ring substituents is 1. The molecule has 126 valence electrons. The Hall–Kier alpha value is -2.15. The fourth-order valence-corrected chi connectivity index (χ4v) is 2.55. The molecule has 0 heterocycles. The number of carbonyl (C=O) groups is 1. The maximum Gasteiger partial charge on any atom is 0.269 e. The molecule has 1 aliphatic rings. The Morgan fingerprint density at radius 2 is 2.04 bits per heavy atom. The van der Waals surface area contributed by atoms with Crippen molar-refractivity contribution >= 4 is 17.3 Å². The lowest BCUT2D eigenvalue weighted by Gasteiger charge is -2.28. The van der Waals surface area contributed by atoms with Gasteiger partial charge in [-0.2, -0.15) is 0 Å². The molecule has 0 radical (unpaired) electrons. The number of anilines is 1. The number of aliphatic hydroxyl groups is 1. The molecule has 23 heavy (non-hydrogen) atoms. The van der Waals surface area contributed by atoms with Crippen LogP contribution in [-0.2, 0) is 4.79 Å². The second-order valence-corrected chi connectivity index (χ2v) is 6.23. The van der Waals surface area contributed by atoms with E-state index in [9.17, 15) is 20.0 Å². The second kappa shape index (κ2) is 7.41. The molecule has 1 amide bonds. The Bertz CT molecular complexity index is 557. The maximum absolute atomic E-state index is 12.0. The third kappa shape index (κ3) is 4.92. The van der Waals surface area contributed by atoms with Crippen molar-refractivity contribution < 1.29 is 14.8 Å². The first kappa shape index (κ1) is 17.2. The van der Waals surface area contributed by atoms with Crippen molar-refractivity contribution in [1.29, 1.82) is 0 Å². The minimum absolute atomic E-state index is 0.0373. The zero-order chi connectivity index (χ0) is 16.9. The SMILES string of the molecule is CC(CO)(NC(=O)CCCNc1ccc([N+](=O)[O-])cc1)C1CC1. The molecule has 7 nitrogen and oxygen atoms in total. The monoisotopic (exact) mass is 321 g/mol. The summed E-state index contributed by atoms with van der Waals surface area (Å²) in [6.45, 7) is 2.45. The number of hydrogen-bond acceptors (Lipinski definition) is 5. The van der Waals surface area contributed by atoms with Crippen LogP contribution < -0.4 is 10.6 Å². The number of hydrogen-bond donors (Lipinski definition) is 3. The topological polar surface area (TPSA) is 104 Å². The molecule has 0 saturated heterocycles. The lowest BCUT2D eigenvalue weighted by molar-refractivity contribution is -0.384. The van der Waals surface area contributed by atoms with Crippen molar-refractivity contribution in [2.45, 2.75) is 38.1 Å². The van der Waals surface area contributed by atoms with E-state index in [-0.39, 0.29) is 18.2 Å². The minimum atomic E-state index is -0.497. The zero-order valence-corrected chi connectivity index (χ0v) is 13.2. The molecule has 1 aromatic rings. The van der Waals surface area contributed by atoms with Crippen molar-refractivity contribution in [2.24, 2.45) is 5.92 Å². The van der Waals surface area contributed by atoms with E-state index in [4.69, 9.17) is 0 Å². The largest absolute Gasteiger partial charge is 0.394 e. The zero-order valence-electron chi connectivity index (χ0n) is 13.2. The van der Waals surface area contributed by atoms with Crippen molar-refractivity contribution in [1.82, 2.24) is 5.32 Å². The lowest BCUT2D eigenvalue weighted by Crippen LogP contribution is -2.50. The van der Waals surface area contributed by atoms with Gasteiger partial charge in [0, 0.05) is 30.8 Å². The molecule has 1 aliphatic carbocycles. The van der Waals surface area contributed by atoms with E-state index < -0.39 is 10.5 Å². The van der Waals surface area contributed by atoms with E-state index in [2.05, 4.69) is 10.6 Å². The molecular formula is C16H23N3O4. The molecule has 2 rings (SSSR count). The van der Waals surface area contributed by atoms with Gasteiger partial charge in [-0.3, -0.25) is 14.9 Å². The number of rotatable bonds is 9. The van der Waals surface area contributed by atoms with Gasteiger partial charge in [-0.05, 0) is 44.2 Å². The average Bonchev–Trinajstić information content (AvgIpc) is 3.37. The van der Waals surface area contributed by atoms with Crippen LogP contribution in [0.4, 0.5) is 11.4 Å². The van der Waals surface area contributed by atoms with E-state index in [1.54, 1.807) is 12.1 Å². The third-order valence-corrected chi connectivity index (χ3v) is 4.22. The standard InChI is InChI=1S/C16H23N3O4/c1-16(11-20,12-4-5-12)18-15(21)3-2-10-17-13-6-8-14(9-7-13)19(22)23/h6-9,12,17,20H,2-5,10-11H2,1H3,(H,18,21). The van der Waals surface area contributed by atoms with Gasteiger partial charge in [0.15, 0.2) is 0 Å². The van der Waals surface area contributed by atoms with Crippen molar-refractivity contribution in [3.63, 3.8) is 0 Å². The molecule has 1 atom stereocenters. The van der Waals surface area contributed by atoms with Gasteiger partial charge in [-0.25, -0.2) is 0 Å². The Morgan fingerprint density at radius 1 is 1.39 bits per heavy atom. The summed E-state index contributed by atoms with van der Waals surface area (Å²) in [5.74, 6) is 0.327. The number of nitro groups is 1. The van der Waals surface area contributed by atoms with Crippen LogP contribution in [-0.4, -0.2) is 34.6 Å². The molecule has 1 unspecified atom stereocenters. The van der Waals surface area contributed by atoms with E-state index in [0.29, 0.717) is 25.3 Å². The van der Waals surface area contributed by atoms with Gasteiger partial charge in [0.1, 0.15) is 0 Å². The Kier molecular flexibility index (Phi) is 5.54. The Morgan fingerprint density at radius 3 is 2.57 bits per heavy atom. The number of benzene rings is 1. The van der Waals surface area contributed by atoms with Gasteiger partial charge in [-0.1, -0.05) is 0 Å². The molecule has 1 aromatic carbocycles. The molecule has 1 fully saturated rings. The quantitative estimate of drug-likeness (QED) is 0.367. The van der Waals surface area contributed by atoms with Crippen molar-refractivity contribution in [3.8, 4) is 0 Å². The van der Waals surface area contributed by atoms with Crippen LogP contribution in [0.5, 0.6) is 0 Å². The van der Waals surface area contributed by atoms with Gasteiger partial charge in [0.05, 0.1) is 17.1 Å². The summed E-state index contributed by atoms with van der Waals surface area (Å²) in [4.78, 5) is 22.1. The van der Waals surface area contributed by atoms with Gasteiger partial charge >= 0.3 is 0 Å². The predicted molar refractivity (Wildman–Crippen MR) is 87.2 cm³/mol. The molecule has 1 saturated carbocycles. The fourth-order valence-electron chi connectivity index (χ4n) is 2.55. The smallest absolute Gasteiger partial charge is 0.269 e. The van der Waals surface area contributed by atoms with Gasteiger partial charge < -0.3 is 15.7 Å². The maximum atomic E-state index is 12.0. The molecule has 0 aliphatic heterocycles. The summed E-state index contributed by atoms with van der Waals surface area (Å²) in [6, 6.07) is 6.18. The molecule has 0 bridgehead atoms. The molecular weight excluding hydrogens is 298 g/mol.